The zero-order valence-electron chi connectivity index (χ0n) is 30.3. The highest BCUT2D eigenvalue weighted by molar-refractivity contribution is 7.99. The molecule has 0 atom stereocenters. The van der Waals surface area contributed by atoms with Crippen molar-refractivity contribution in [3.05, 3.63) is 222 Å². The predicted molar refractivity (Wildman–Crippen MR) is 228 cm³/mol. The van der Waals surface area contributed by atoms with Crippen molar-refractivity contribution in [3.8, 4) is 67.5 Å². The second-order valence-electron chi connectivity index (χ2n) is 14.3. The molecule has 0 bridgehead atoms. The summed E-state index contributed by atoms with van der Waals surface area (Å²) in [5.41, 5.74) is 14.7. The fourth-order valence-electron chi connectivity index (χ4n) is 8.76. The summed E-state index contributed by atoms with van der Waals surface area (Å²) >= 11 is 1.86. The fraction of sp³-hybridized carbons (Fsp3) is 0.0192. The maximum Gasteiger partial charge on any atom is 0.164 e. The molecule has 1 aromatic heterocycles. The summed E-state index contributed by atoms with van der Waals surface area (Å²) in [7, 11) is 0. The minimum atomic E-state index is -0.458. The van der Waals surface area contributed by atoms with Crippen molar-refractivity contribution in [1.29, 1.82) is 0 Å². The summed E-state index contributed by atoms with van der Waals surface area (Å²) in [4.78, 5) is 18.1. The molecule has 9 aromatic rings. The Morgan fingerprint density at radius 2 is 0.786 bits per heavy atom. The number of nitrogens with zero attached hydrogens (tertiary/aromatic N) is 3. The van der Waals surface area contributed by atoms with Crippen molar-refractivity contribution in [2.45, 2.75) is 15.2 Å². The monoisotopic (exact) mass is 731 g/mol. The van der Waals surface area contributed by atoms with Gasteiger partial charge in [-0.2, -0.15) is 0 Å². The van der Waals surface area contributed by atoms with E-state index in [-0.39, 0.29) is 0 Å². The molecule has 11 rings (SSSR count). The van der Waals surface area contributed by atoms with E-state index in [9.17, 15) is 0 Å². The first-order chi connectivity index (χ1) is 27.8. The van der Waals surface area contributed by atoms with E-state index in [0.29, 0.717) is 17.5 Å². The molecule has 1 aliphatic heterocycles. The van der Waals surface area contributed by atoms with E-state index in [2.05, 4.69) is 176 Å². The van der Waals surface area contributed by atoms with Crippen LogP contribution in [0, 0.1) is 0 Å². The van der Waals surface area contributed by atoms with Gasteiger partial charge in [-0.15, -0.1) is 0 Å². The van der Waals surface area contributed by atoms with Crippen LogP contribution in [0.3, 0.4) is 0 Å². The highest BCUT2D eigenvalue weighted by Gasteiger charge is 2.50. The number of aromatic nitrogens is 3. The van der Waals surface area contributed by atoms with Gasteiger partial charge in [0.05, 0.1) is 5.41 Å². The van der Waals surface area contributed by atoms with E-state index in [0.717, 1.165) is 38.9 Å². The van der Waals surface area contributed by atoms with Crippen LogP contribution in [0.25, 0.3) is 67.5 Å². The summed E-state index contributed by atoms with van der Waals surface area (Å²) in [6, 6.07) is 71.5. The summed E-state index contributed by atoms with van der Waals surface area (Å²) < 4.78 is 0. The van der Waals surface area contributed by atoms with Crippen LogP contribution in [0.5, 0.6) is 0 Å². The summed E-state index contributed by atoms with van der Waals surface area (Å²) in [6.07, 6.45) is 0. The molecule has 2 heterocycles. The van der Waals surface area contributed by atoms with E-state index in [1.54, 1.807) is 0 Å². The average Bonchev–Trinajstić information content (AvgIpc) is 3.57. The van der Waals surface area contributed by atoms with Crippen LogP contribution >= 0.6 is 11.8 Å². The molecule has 8 aromatic carbocycles. The molecule has 1 spiro atoms. The first-order valence-corrected chi connectivity index (χ1v) is 19.8. The number of rotatable bonds is 5. The second kappa shape index (κ2) is 13.2. The van der Waals surface area contributed by atoms with Crippen molar-refractivity contribution in [1.82, 2.24) is 15.0 Å². The van der Waals surface area contributed by atoms with Gasteiger partial charge in [-0.1, -0.05) is 188 Å². The van der Waals surface area contributed by atoms with Gasteiger partial charge in [0.15, 0.2) is 17.5 Å². The van der Waals surface area contributed by atoms with E-state index in [1.807, 2.05) is 36.0 Å². The zero-order chi connectivity index (χ0) is 37.1. The van der Waals surface area contributed by atoms with Gasteiger partial charge < -0.3 is 0 Å². The molecule has 0 unspecified atom stereocenters. The van der Waals surface area contributed by atoms with Crippen LogP contribution in [0.15, 0.2) is 210 Å². The first-order valence-electron chi connectivity index (χ1n) is 18.9. The topological polar surface area (TPSA) is 38.7 Å². The van der Waals surface area contributed by atoms with Gasteiger partial charge in [-0.3, -0.25) is 0 Å². The lowest BCUT2D eigenvalue weighted by Crippen LogP contribution is -2.32. The second-order valence-corrected chi connectivity index (χ2v) is 15.4. The van der Waals surface area contributed by atoms with Gasteiger partial charge in [0.2, 0.25) is 0 Å². The number of hydrogen-bond acceptors (Lipinski definition) is 4. The molecule has 4 heteroatoms. The highest BCUT2D eigenvalue weighted by Crippen LogP contribution is 2.62. The molecule has 2 aliphatic rings. The van der Waals surface area contributed by atoms with E-state index >= 15 is 0 Å². The number of benzene rings is 8. The molecule has 262 valence electrons. The minimum Gasteiger partial charge on any atom is -0.208 e. The molecule has 0 N–H and O–H groups in total. The van der Waals surface area contributed by atoms with Gasteiger partial charge in [0.1, 0.15) is 0 Å². The van der Waals surface area contributed by atoms with E-state index in [1.165, 1.54) is 43.2 Å². The lowest BCUT2D eigenvalue weighted by atomic mass is 9.67. The normalized spacial score (nSPS) is 13.1. The standard InChI is InChI=1S/C52H33N3S/c1-3-16-34(17-4-1)36-20-15-21-38(32-36)50-53-49(35-18-5-2-6-19-35)54-51(55-50)42-25-8-7-22-39(42)37-30-31-48-46(33-37)52(45-28-13-14-29-47(45)56-48)43-26-11-9-23-40(43)41-24-10-12-27-44(41)52/h1-33H. The van der Waals surface area contributed by atoms with Crippen LogP contribution in [0.4, 0.5) is 0 Å². The van der Waals surface area contributed by atoms with E-state index < -0.39 is 5.41 Å². The Hall–Kier alpha value is -6.88. The number of hydrogen-bond donors (Lipinski definition) is 0. The van der Waals surface area contributed by atoms with Crippen LogP contribution in [-0.4, -0.2) is 15.0 Å². The van der Waals surface area contributed by atoms with Gasteiger partial charge in [0, 0.05) is 26.5 Å². The van der Waals surface area contributed by atoms with Crippen molar-refractivity contribution in [3.63, 3.8) is 0 Å². The first kappa shape index (κ1) is 32.5. The Morgan fingerprint density at radius 1 is 0.286 bits per heavy atom. The van der Waals surface area contributed by atoms with Crippen LogP contribution in [0.2, 0.25) is 0 Å². The molecular weight excluding hydrogens is 699 g/mol. The fourth-order valence-corrected chi connectivity index (χ4v) is 9.94. The van der Waals surface area contributed by atoms with Crippen molar-refractivity contribution >= 4 is 11.8 Å². The quantitative estimate of drug-likeness (QED) is 0.177. The lowest BCUT2D eigenvalue weighted by molar-refractivity contribution is 0.723. The SMILES string of the molecule is c1ccc(-c2cccc(-c3nc(-c4ccccc4)nc(-c4ccccc4-c4ccc5c(c4)C4(c6ccccc6S5)c5ccccc5-c5ccccc54)n3)c2)cc1. The molecule has 1 aliphatic carbocycles. The third-order valence-corrected chi connectivity index (χ3v) is 12.4. The van der Waals surface area contributed by atoms with Gasteiger partial charge in [-0.05, 0) is 79.9 Å². The van der Waals surface area contributed by atoms with Crippen molar-refractivity contribution in [2.75, 3.05) is 0 Å². The molecule has 0 radical (unpaired) electrons. The summed E-state index contributed by atoms with van der Waals surface area (Å²) in [6.45, 7) is 0. The van der Waals surface area contributed by atoms with Crippen LogP contribution in [-0.2, 0) is 5.41 Å². The average molecular weight is 732 g/mol. The molecule has 0 saturated carbocycles. The van der Waals surface area contributed by atoms with Crippen molar-refractivity contribution < 1.29 is 0 Å². The van der Waals surface area contributed by atoms with Crippen molar-refractivity contribution in [2.24, 2.45) is 0 Å². The van der Waals surface area contributed by atoms with Gasteiger partial charge >= 0.3 is 0 Å². The molecule has 0 fully saturated rings. The molecular formula is C52H33N3S. The Labute approximate surface area is 330 Å². The van der Waals surface area contributed by atoms with Crippen LogP contribution in [0.1, 0.15) is 22.3 Å². The van der Waals surface area contributed by atoms with Gasteiger partial charge in [-0.25, -0.2) is 15.0 Å². The van der Waals surface area contributed by atoms with E-state index in [4.69, 9.17) is 15.0 Å². The third kappa shape index (κ3) is 5.10. The summed E-state index contributed by atoms with van der Waals surface area (Å²) in [5.74, 6) is 1.92. The molecule has 3 nitrogen and oxygen atoms in total. The van der Waals surface area contributed by atoms with Crippen LogP contribution < -0.4 is 0 Å². The Kier molecular flexibility index (Phi) is 7.64. The number of fused-ring (bicyclic) bond motifs is 9. The summed E-state index contributed by atoms with van der Waals surface area (Å²) in [5, 5.41) is 0. The Bertz CT molecular complexity index is 2910. The molecule has 56 heavy (non-hydrogen) atoms. The predicted octanol–water partition coefficient (Wildman–Crippen LogP) is 13.0. The smallest absolute Gasteiger partial charge is 0.164 e. The minimum absolute atomic E-state index is 0.458. The Morgan fingerprint density at radius 3 is 1.50 bits per heavy atom. The maximum absolute atomic E-state index is 5.24. The largest absolute Gasteiger partial charge is 0.208 e. The highest BCUT2D eigenvalue weighted by atomic mass is 32.2. The van der Waals surface area contributed by atoms with Gasteiger partial charge in [0.25, 0.3) is 0 Å². The third-order valence-electron chi connectivity index (χ3n) is 11.2. The maximum atomic E-state index is 5.24. The molecule has 0 saturated heterocycles. The lowest BCUT2D eigenvalue weighted by Gasteiger charge is -2.40. The Balaban J connectivity index is 1.12. The molecule has 0 amide bonds. The zero-order valence-corrected chi connectivity index (χ0v) is 31.1.